The van der Waals surface area contributed by atoms with Gasteiger partial charge < -0.3 is 10.1 Å². The number of nitrogens with one attached hydrogen (secondary N) is 1. The van der Waals surface area contributed by atoms with Crippen molar-refractivity contribution in [1.29, 1.82) is 0 Å². The molecule has 114 valence electrons. The van der Waals surface area contributed by atoms with E-state index in [0.717, 1.165) is 6.07 Å². The van der Waals surface area contributed by atoms with Crippen LogP contribution < -0.4 is 10.1 Å². The Kier molecular flexibility index (Phi) is 4.52. The highest BCUT2D eigenvalue weighted by molar-refractivity contribution is 5.39. The van der Waals surface area contributed by atoms with Crippen molar-refractivity contribution >= 4 is 0 Å². The lowest BCUT2D eigenvalue weighted by Gasteiger charge is -2.14. The zero-order valence-electron chi connectivity index (χ0n) is 11.7. The summed E-state index contributed by atoms with van der Waals surface area (Å²) in [6.07, 6.45) is -1.31. The van der Waals surface area contributed by atoms with E-state index in [4.69, 9.17) is 4.74 Å². The first-order valence-corrected chi connectivity index (χ1v) is 6.49. The van der Waals surface area contributed by atoms with Gasteiger partial charge in [-0.3, -0.25) is 4.68 Å². The van der Waals surface area contributed by atoms with Crippen molar-refractivity contribution < 1.29 is 17.9 Å². The molecule has 0 amide bonds. The van der Waals surface area contributed by atoms with E-state index in [0.29, 0.717) is 12.3 Å². The summed E-state index contributed by atoms with van der Waals surface area (Å²) in [4.78, 5) is 0. The van der Waals surface area contributed by atoms with Gasteiger partial charge in [0.2, 0.25) is 0 Å². The number of alkyl halides is 3. The molecule has 2 aromatic rings. The number of aryl methyl sites for hydroxylation is 1. The van der Waals surface area contributed by atoms with Crippen molar-refractivity contribution in [2.45, 2.75) is 26.2 Å². The van der Waals surface area contributed by atoms with Crippen molar-refractivity contribution in [3.8, 4) is 11.5 Å². The highest BCUT2D eigenvalue weighted by atomic mass is 19.4. The number of hydrogen-bond donors (Lipinski definition) is 1. The number of ether oxygens (including phenoxy) is 1. The summed E-state index contributed by atoms with van der Waals surface area (Å²) >= 11 is 0. The molecular formula is C14H16F3N3O. The van der Waals surface area contributed by atoms with E-state index >= 15 is 0 Å². The molecule has 0 saturated carbocycles. The maximum absolute atomic E-state index is 13.0. The molecular weight excluding hydrogens is 283 g/mol. The second-order valence-electron chi connectivity index (χ2n) is 4.48. The molecule has 21 heavy (non-hydrogen) atoms. The van der Waals surface area contributed by atoms with Gasteiger partial charge in [-0.05, 0) is 31.7 Å². The van der Waals surface area contributed by atoms with Crippen LogP contribution in [-0.4, -0.2) is 16.8 Å². The average molecular weight is 299 g/mol. The normalized spacial score (nSPS) is 11.7. The van der Waals surface area contributed by atoms with Crippen LogP contribution in [0.15, 0.2) is 30.6 Å². The van der Waals surface area contributed by atoms with Gasteiger partial charge in [-0.1, -0.05) is 6.07 Å². The largest absolute Gasteiger partial charge is 0.454 e. The van der Waals surface area contributed by atoms with Gasteiger partial charge in [0, 0.05) is 13.1 Å². The monoisotopic (exact) mass is 299 g/mol. The summed E-state index contributed by atoms with van der Waals surface area (Å²) in [5, 5.41) is 6.73. The Balaban J connectivity index is 2.28. The fraction of sp³-hybridized carbons (Fsp3) is 0.357. The molecule has 0 radical (unpaired) electrons. The second-order valence-corrected chi connectivity index (χ2v) is 4.48. The van der Waals surface area contributed by atoms with Crippen LogP contribution in [0.5, 0.6) is 11.5 Å². The minimum Gasteiger partial charge on any atom is -0.454 e. The molecule has 0 aliphatic heterocycles. The Labute approximate surface area is 120 Å². The van der Waals surface area contributed by atoms with Gasteiger partial charge in [0.15, 0.2) is 5.75 Å². The average Bonchev–Trinajstić information content (AvgIpc) is 2.87. The number of rotatable bonds is 5. The molecule has 1 heterocycles. The number of nitrogens with zero attached hydrogens (tertiary/aromatic N) is 2. The van der Waals surface area contributed by atoms with E-state index in [1.54, 1.807) is 17.9 Å². The first-order valence-electron chi connectivity index (χ1n) is 6.49. The Morgan fingerprint density at radius 1 is 1.29 bits per heavy atom. The van der Waals surface area contributed by atoms with Gasteiger partial charge in [0.05, 0.1) is 18.0 Å². The maximum Gasteiger partial charge on any atom is 0.416 e. The lowest BCUT2D eigenvalue weighted by Crippen LogP contribution is -2.14. The minimum atomic E-state index is -4.42. The third-order valence-electron chi connectivity index (χ3n) is 2.92. The Morgan fingerprint density at radius 3 is 2.62 bits per heavy atom. The number of hydrogen-bond acceptors (Lipinski definition) is 3. The smallest absolute Gasteiger partial charge is 0.416 e. The second kappa shape index (κ2) is 6.17. The van der Waals surface area contributed by atoms with E-state index in [-0.39, 0.29) is 17.9 Å². The van der Waals surface area contributed by atoms with Crippen molar-refractivity contribution in [1.82, 2.24) is 15.1 Å². The van der Waals surface area contributed by atoms with Gasteiger partial charge >= 0.3 is 6.18 Å². The van der Waals surface area contributed by atoms with Crippen LogP contribution in [0, 0.1) is 0 Å². The molecule has 0 bridgehead atoms. The highest BCUT2D eigenvalue weighted by Crippen LogP contribution is 2.35. The summed E-state index contributed by atoms with van der Waals surface area (Å²) in [5.41, 5.74) is -0.515. The quantitative estimate of drug-likeness (QED) is 0.919. The van der Waals surface area contributed by atoms with Crippen LogP contribution in [-0.2, 0) is 19.3 Å². The predicted octanol–water partition coefficient (Wildman–Crippen LogP) is 3.43. The fourth-order valence-electron chi connectivity index (χ4n) is 1.93. The van der Waals surface area contributed by atoms with Crippen molar-refractivity contribution in [3.05, 3.63) is 41.7 Å². The Bertz CT molecular complexity index is 608. The fourth-order valence-corrected chi connectivity index (χ4v) is 1.93. The molecule has 0 saturated heterocycles. The molecule has 0 unspecified atom stereocenters. The van der Waals surface area contributed by atoms with Crippen LogP contribution in [0.2, 0.25) is 0 Å². The molecule has 1 N–H and O–H groups in total. The van der Waals surface area contributed by atoms with E-state index in [9.17, 15) is 13.2 Å². The lowest BCUT2D eigenvalue weighted by molar-refractivity contribution is -0.138. The van der Waals surface area contributed by atoms with Crippen molar-refractivity contribution in [3.63, 3.8) is 0 Å². The van der Waals surface area contributed by atoms with Crippen LogP contribution in [0.3, 0.4) is 0 Å². The zero-order chi connectivity index (χ0) is 15.5. The van der Waals surface area contributed by atoms with Crippen LogP contribution in [0.25, 0.3) is 0 Å². The number of halogens is 3. The predicted molar refractivity (Wildman–Crippen MR) is 72.2 cm³/mol. The summed E-state index contributed by atoms with van der Waals surface area (Å²) in [6, 6.07) is 3.94. The van der Waals surface area contributed by atoms with Gasteiger partial charge in [-0.2, -0.15) is 18.3 Å². The molecule has 0 atom stereocenters. The third-order valence-corrected chi connectivity index (χ3v) is 2.92. The SMILES string of the molecule is CCn1cc(Oc2ccc(CNC)c(C(F)(F)F)c2)cn1. The standard InChI is InChI=1S/C14H16F3N3O/c1-3-20-9-12(8-19-20)21-11-5-4-10(7-18-2)13(6-11)14(15,16)17/h4-6,8-9,18H,3,7H2,1-2H3. The van der Waals surface area contributed by atoms with Gasteiger partial charge in [0.1, 0.15) is 5.75 Å². The van der Waals surface area contributed by atoms with E-state index < -0.39 is 11.7 Å². The maximum atomic E-state index is 13.0. The van der Waals surface area contributed by atoms with Gasteiger partial charge in [-0.15, -0.1) is 0 Å². The van der Waals surface area contributed by atoms with E-state index in [2.05, 4.69) is 10.4 Å². The Morgan fingerprint density at radius 2 is 2.05 bits per heavy atom. The topological polar surface area (TPSA) is 39.1 Å². The first kappa shape index (κ1) is 15.4. The highest BCUT2D eigenvalue weighted by Gasteiger charge is 2.33. The molecule has 1 aromatic heterocycles. The Hall–Kier alpha value is -2.02. The molecule has 4 nitrogen and oxygen atoms in total. The van der Waals surface area contributed by atoms with Crippen LogP contribution in [0.4, 0.5) is 13.2 Å². The molecule has 2 rings (SSSR count). The van der Waals surface area contributed by atoms with Crippen molar-refractivity contribution in [2.24, 2.45) is 0 Å². The van der Waals surface area contributed by atoms with E-state index in [1.165, 1.54) is 18.3 Å². The molecule has 0 fully saturated rings. The number of benzene rings is 1. The van der Waals surface area contributed by atoms with Crippen molar-refractivity contribution in [2.75, 3.05) is 7.05 Å². The summed E-state index contributed by atoms with van der Waals surface area (Å²) in [6.45, 7) is 2.71. The summed E-state index contributed by atoms with van der Waals surface area (Å²) < 4.78 is 46.2. The molecule has 0 aliphatic rings. The van der Waals surface area contributed by atoms with E-state index in [1.807, 2.05) is 6.92 Å². The summed E-state index contributed by atoms with van der Waals surface area (Å²) in [7, 11) is 1.60. The first-order chi connectivity index (χ1) is 9.94. The third kappa shape index (κ3) is 3.75. The van der Waals surface area contributed by atoms with Crippen LogP contribution in [0.1, 0.15) is 18.1 Å². The lowest BCUT2D eigenvalue weighted by atomic mass is 10.1. The molecule has 1 aromatic carbocycles. The number of aromatic nitrogens is 2. The van der Waals surface area contributed by atoms with Gasteiger partial charge in [-0.25, -0.2) is 0 Å². The molecule has 0 spiro atoms. The summed E-state index contributed by atoms with van der Waals surface area (Å²) in [5.74, 6) is 0.546. The minimum absolute atomic E-state index is 0.137. The molecule has 0 aliphatic carbocycles. The zero-order valence-corrected chi connectivity index (χ0v) is 11.7. The molecule has 7 heteroatoms. The van der Waals surface area contributed by atoms with Gasteiger partial charge in [0.25, 0.3) is 0 Å². The van der Waals surface area contributed by atoms with Crippen LogP contribution >= 0.6 is 0 Å².